The van der Waals surface area contributed by atoms with Crippen molar-refractivity contribution in [2.24, 2.45) is 0 Å². The predicted octanol–water partition coefficient (Wildman–Crippen LogP) is 2.32. The lowest BCUT2D eigenvalue weighted by atomic mass is 10.1. The zero-order chi connectivity index (χ0) is 17.6. The van der Waals surface area contributed by atoms with E-state index >= 15 is 0 Å². The average Bonchev–Trinajstić information content (AvgIpc) is 2.82. The van der Waals surface area contributed by atoms with Crippen molar-refractivity contribution in [1.29, 1.82) is 0 Å². The number of hydrogen-bond acceptors (Lipinski definition) is 4. The third-order valence-corrected chi connectivity index (χ3v) is 5.18. The Labute approximate surface area is 151 Å². The molecule has 6 heteroatoms. The average molecular weight is 348 g/mol. The largest absolute Gasteiger partial charge is 0.375 e. The zero-order valence-electron chi connectivity index (χ0n) is 15.7. The maximum Gasteiger partial charge on any atom is 0.257 e. The SMILES string of the molecule is CCCn1cc(C(=O)N2CCCO[C@H](CN3CCCCC3)C2)c(C)n1. The number of carbonyl (C=O) groups excluding carboxylic acids is 1. The summed E-state index contributed by atoms with van der Waals surface area (Å²) in [6.07, 6.45) is 7.86. The topological polar surface area (TPSA) is 50.6 Å². The standard InChI is InChI=1S/C19H32N4O2/c1-3-8-23-15-18(16(2)20-23)19(24)22-11-7-12-25-17(14-22)13-21-9-5-4-6-10-21/h15,17H,3-14H2,1-2H3/t17-/m1/s1. The first-order chi connectivity index (χ1) is 12.2. The molecule has 2 aliphatic heterocycles. The molecule has 0 bridgehead atoms. The van der Waals surface area contributed by atoms with Crippen molar-refractivity contribution in [2.45, 2.75) is 58.6 Å². The third kappa shape index (κ3) is 4.82. The second kappa shape index (κ2) is 8.81. The van der Waals surface area contributed by atoms with E-state index in [1.54, 1.807) is 0 Å². The number of aryl methyl sites for hydroxylation is 2. The van der Waals surface area contributed by atoms with Crippen LogP contribution < -0.4 is 0 Å². The molecule has 1 atom stereocenters. The maximum absolute atomic E-state index is 13.0. The smallest absolute Gasteiger partial charge is 0.257 e. The fourth-order valence-electron chi connectivity index (χ4n) is 3.86. The third-order valence-electron chi connectivity index (χ3n) is 5.18. The number of hydrogen-bond donors (Lipinski definition) is 0. The quantitative estimate of drug-likeness (QED) is 0.819. The number of carbonyl (C=O) groups is 1. The molecule has 3 heterocycles. The molecule has 140 valence electrons. The van der Waals surface area contributed by atoms with Crippen molar-refractivity contribution in [3.05, 3.63) is 17.5 Å². The summed E-state index contributed by atoms with van der Waals surface area (Å²) in [5.41, 5.74) is 1.57. The van der Waals surface area contributed by atoms with Crippen LogP contribution in [-0.2, 0) is 11.3 Å². The summed E-state index contributed by atoms with van der Waals surface area (Å²) < 4.78 is 7.93. The second-order valence-corrected chi connectivity index (χ2v) is 7.35. The van der Waals surface area contributed by atoms with E-state index in [4.69, 9.17) is 4.74 Å². The molecule has 0 unspecified atom stereocenters. The number of likely N-dealkylation sites (tertiary alicyclic amines) is 1. The Morgan fingerprint density at radius 2 is 2.04 bits per heavy atom. The van der Waals surface area contributed by atoms with Gasteiger partial charge in [-0.25, -0.2) is 0 Å². The number of aromatic nitrogens is 2. The van der Waals surface area contributed by atoms with E-state index < -0.39 is 0 Å². The fraction of sp³-hybridized carbons (Fsp3) is 0.789. The Kier molecular flexibility index (Phi) is 6.48. The van der Waals surface area contributed by atoms with Crippen LogP contribution in [0.15, 0.2) is 6.20 Å². The normalized spacial score (nSPS) is 22.8. The van der Waals surface area contributed by atoms with Crippen LogP contribution in [0.4, 0.5) is 0 Å². The van der Waals surface area contributed by atoms with Crippen molar-refractivity contribution in [2.75, 3.05) is 39.3 Å². The molecule has 25 heavy (non-hydrogen) atoms. The van der Waals surface area contributed by atoms with E-state index in [2.05, 4.69) is 16.9 Å². The molecule has 0 radical (unpaired) electrons. The van der Waals surface area contributed by atoms with Gasteiger partial charge in [-0.3, -0.25) is 9.48 Å². The summed E-state index contributed by atoms with van der Waals surface area (Å²) in [5.74, 6) is 0.106. The highest BCUT2D eigenvalue weighted by Gasteiger charge is 2.27. The lowest BCUT2D eigenvalue weighted by molar-refractivity contribution is 0.0216. The van der Waals surface area contributed by atoms with Crippen molar-refractivity contribution >= 4 is 5.91 Å². The summed E-state index contributed by atoms with van der Waals surface area (Å²) in [6, 6.07) is 0. The van der Waals surface area contributed by atoms with Gasteiger partial charge in [0.1, 0.15) is 0 Å². The van der Waals surface area contributed by atoms with Gasteiger partial charge in [0, 0.05) is 39.0 Å². The van der Waals surface area contributed by atoms with Crippen molar-refractivity contribution < 1.29 is 9.53 Å². The second-order valence-electron chi connectivity index (χ2n) is 7.35. The summed E-state index contributed by atoms with van der Waals surface area (Å²) in [4.78, 5) is 17.5. The minimum atomic E-state index is 0.106. The molecule has 2 aliphatic rings. The number of nitrogens with zero attached hydrogens (tertiary/aromatic N) is 4. The van der Waals surface area contributed by atoms with E-state index in [-0.39, 0.29) is 12.0 Å². The highest BCUT2D eigenvalue weighted by Crippen LogP contribution is 2.16. The monoisotopic (exact) mass is 348 g/mol. The minimum Gasteiger partial charge on any atom is -0.375 e. The van der Waals surface area contributed by atoms with E-state index in [0.29, 0.717) is 6.54 Å². The van der Waals surface area contributed by atoms with Gasteiger partial charge >= 0.3 is 0 Å². The van der Waals surface area contributed by atoms with Gasteiger partial charge in [0.05, 0.1) is 17.4 Å². The number of amides is 1. The number of ether oxygens (including phenoxy) is 1. The Bertz CT molecular complexity index is 566. The van der Waals surface area contributed by atoms with Crippen LogP contribution in [0.3, 0.4) is 0 Å². The Morgan fingerprint density at radius 1 is 1.24 bits per heavy atom. The van der Waals surface area contributed by atoms with Crippen molar-refractivity contribution in [1.82, 2.24) is 19.6 Å². The van der Waals surface area contributed by atoms with Gasteiger partial charge in [0.15, 0.2) is 0 Å². The maximum atomic E-state index is 13.0. The molecule has 0 saturated carbocycles. The number of rotatable bonds is 5. The molecule has 1 aromatic heterocycles. The summed E-state index contributed by atoms with van der Waals surface area (Å²) in [5, 5.41) is 4.48. The zero-order valence-corrected chi connectivity index (χ0v) is 15.7. The fourth-order valence-corrected chi connectivity index (χ4v) is 3.86. The number of piperidine rings is 1. The molecule has 2 fully saturated rings. The molecule has 0 N–H and O–H groups in total. The highest BCUT2D eigenvalue weighted by molar-refractivity contribution is 5.95. The Balaban J connectivity index is 1.64. The van der Waals surface area contributed by atoms with Crippen LogP contribution in [-0.4, -0.2) is 70.9 Å². The molecule has 1 aromatic rings. The highest BCUT2D eigenvalue weighted by atomic mass is 16.5. The molecule has 0 aliphatic carbocycles. The van der Waals surface area contributed by atoms with E-state index in [0.717, 1.165) is 63.4 Å². The molecular formula is C19H32N4O2. The van der Waals surface area contributed by atoms with Crippen LogP contribution in [0, 0.1) is 6.92 Å². The first kappa shape index (κ1) is 18.4. The van der Waals surface area contributed by atoms with Crippen LogP contribution >= 0.6 is 0 Å². The first-order valence-electron chi connectivity index (χ1n) is 9.84. The molecule has 6 nitrogen and oxygen atoms in total. The van der Waals surface area contributed by atoms with Crippen molar-refractivity contribution in [3.63, 3.8) is 0 Å². The lowest BCUT2D eigenvalue weighted by Gasteiger charge is -2.31. The van der Waals surface area contributed by atoms with E-state index in [9.17, 15) is 4.79 Å². The minimum absolute atomic E-state index is 0.106. The predicted molar refractivity (Wildman–Crippen MR) is 97.8 cm³/mol. The molecule has 1 amide bonds. The van der Waals surface area contributed by atoms with E-state index in [1.807, 2.05) is 22.7 Å². The van der Waals surface area contributed by atoms with Crippen LogP contribution in [0.5, 0.6) is 0 Å². The molecular weight excluding hydrogens is 316 g/mol. The van der Waals surface area contributed by atoms with E-state index in [1.165, 1.54) is 19.3 Å². The summed E-state index contributed by atoms with van der Waals surface area (Å²) >= 11 is 0. The lowest BCUT2D eigenvalue weighted by Crippen LogP contribution is -2.43. The van der Waals surface area contributed by atoms with Gasteiger partial charge < -0.3 is 14.5 Å². The van der Waals surface area contributed by atoms with Gasteiger partial charge in [-0.2, -0.15) is 5.10 Å². The first-order valence-corrected chi connectivity index (χ1v) is 9.84. The molecule has 2 saturated heterocycles. The summed E-state index contributed by atoms with van der Waals surface area (Å²) in [6.45, 7) is 10.4. The molecule has 0 spiro atoms. The van der Waals surface area contributed by atoms with Gasteiger partial charge in [-0.05, 0) is 45.7 Å². The molecule has 0 aromatic carbocycles. The van der Waals surface area contributed by atoms with Gasteiger partial charge in [-0.15, -0.1) is 0 Å². The van der Waals surface area contributed by atoms with Gasteiger partial charge in [0.25, 0.3) is 5.91 Å². The Hall–Kier alpha value is -1.40. The Morgan fingerprint density at radius 3 is 2.80 bits per heavy atom. The van der Waals surface area contributed by atoms with Gasteiger partial charge in [-0.1, -0.05) is 13.3 Å². The van der Waals surface area contributed by atoms with Crippen molar-refractivity contribution in [3.8, 4) is 0 Å². The van der Waals surface area contributed by atoms with Gasteiger partial charge in [0.2, 0.25) is 0 Å². The molecule has 3 rings (SSSR count). The van der Waals surface area contributed by atoms with Crippen LogP contribution in [0.25, 0.3) is 0 Å². The van der Waals surface area contributed by atoms with Crippen LogP contribution in [0.1, 0.15) is 55.1 Å². The van der Waals surface area contributed by atoms with Crippen LogP contribution in [0.2, 0.25) is 0 Å². The summed E-state index contributed by atoms with van der Waals surface area (Å²) in [7, 11) is 0.